The third-order valence-electron chi connectivity index (χ3n) is 4.51. The van der Waals surface area contributed by atoms with Gasteiger partial charge in [-0.3, -0.25) is 9.59 Å². The van der Waals surface area contributed by atoms with Crippen molar-refractivity contribution in [2.45, 2.75) is 6.92 Å². The summed E-state index contributed by atoms with van der Waals surface area (Å²) in [5.41, 5.74) is 0.758. The van der Waals surface area contributed by atoms with Gasteiger partial charge in [0.05, 0.1) is 15.6 Å². The Hall–Kier alpha value is -2.18. The second kappa shape index (κ2) is 7.82. The van der Waals surface area contributed by atoms with Crippen LogP contribution in [-0.2, 0) is 0 Å². The highest BCUT2D eigenvalue weighted by Gasteiger charge is 2.27. The van der Waals surface area contributed by atoms with E-state index >= 15 is 0 Å². The zero-order chi connectivity index (χ0) is 19.7. The Bertz CT molecular complexity index is 913. The molecule has 0 N–H and O–H groups in total. The van der Waals surface area contributed by atoms with Crippen molar-refractivity contribution in [3.63, 3.8) is 0 Å². The summed E-state index contributed by atoms with van der Waals surface area (Å²) < 4.78 is 27.3. The number of aryl methyl sites for hydroxylation is 1. The van der Waals surface area contributed by atoms with Crippen LogP contribution in [0.3, 0.4) is 0 Å². The van der Waals surface area contributed by atoms with Crippen LogP contribution in [0.15, 0.2) is 30.3 Å². The van der Waals surface area contributed by atoms with Gasteiger partial charge in [0.2, 0.25) is 0 Å². The molecule has 27 heavy (non-hydrogen) atoms. The van der Waals surface area contributed by atoms with Gasteiger partial charge in [-0.1, -0.05) is 29.3 Å². The van der Waals surface area contributed by atoms with Gasteiger partial charge in [0, 0.05) is 31.7 Å². The number of benzene rings is 2. The summed E-state index contributed by atoms with van der Waals surface area (Å²) >= 11 is 11.7. The van der Waals surface area contributed by atoms with E-state index in [1.165, 1.54) is 17.0 Å². The van der Waals surface area contributed by atoms with Crippen LogP contribution in [0.1, 0.15) is 26.3 Å². The van der Waals surface area contributed by atoms with Crippen LogP contribution in [-0.4, -0.2) is 47.8 Å². The van der Waals surface area contributed by atoms with Crippen LogP contribution in [0, 0.1) is 18.6 Å². The minimum Gasteiger partial charge on any atom is -0.335 e. The zero-order valence-electron chi connectivity index (χ0n) is 14.4. The first-order valence-electron chi connectivity index (χ1n) is 8.27. The molecule has 142 valence electrons. The Morgan fingerprint density at radius 1 is 0.852 bits per heavy atom. The number of hydrogen-bond donors (Lipinski definition) is 0. The molecule has 0 spiro atoms. The van der Waals surface area contributed by atoms with Crippen LogP contribution in [0.25, 0.3) is 0 Å². The van der Waals surface area contributed by atoms with Gasteiger partial charge in [-0.25, -0.2) is 8.78 Å². The second-order valence-corrected chi connectivity index (χ2v) is 7.11. The molecule has 2 aromatic carbocycles. The maximum Gasteiger partial charge on any atom is 0.255 e. The third kappa shape index (κ3) is 4.06. The van der Waals surface area contributed by atoms with Gasteiger partial charge in [0.15, 0.2) is 0 Å². The molecule has 0 aliphatic carbocycles. The number of amides is 2. The molecule has 0 radical (unpaired) electrons. The van der Waals surface area contributed by atoms with Crippen molar-refractivity contribution in [2.24, 2.45) is 0 Å². The molecule has 0 bridgehead atoms. The summed E-state index contributed by atoms with van der Waals surface area (Å²) in [4.78, 5) is 28.2. The summed E-state index contributed by atoms with van der Waals surface area (Å²) in [6.07, 6.45) is 0. The first-order chi connectivity index (χ1) is 12.8. The minimum absolute atomic E-state index is 0.0268. The number of carbonyl (C=O) groups is 2. The Kier molecular flexibility index (Phi) is 5.67. The quantitative estimate of drug-likeness (QED) is 0.694. The minimum atomic E-state index is -0.723. The molecule has 0 saturated carbocycles. The smallest absolute Gasteiger partial charge is 0.255 e. The predicted molar refractivity (Wildman–Crippen MR) is 99.4 cm³/mol. The highest BCUT2D eigenvalue weighted by molar-refractivity contribution is 6.36. The highest BCUT2D eigenvalue weighted by atomic mass is 35.5. The van der Waals surface area contributed by atoms with Gasteiger partial charge in [0.1, 0.15) is 11.6 Å². The molecule has 1 heterocycles. The lowest BCUT2D eigenvalue weighted by atomic mass is 10.1. The fraction of sp³-hybridized carbons (Fsp3) is 0.263. The lowest BCUT2D eigenvalue weighted by Crippen LogP contribution is -2.50. The predicted octanol–water partition coefficient (Wildman–Crippen LogP) is 4.18. The van der Waals surface area contributed by atoms with Gasteiger partial charge in [0.25, 0.3) is 11.8 Å². The van der Waals surface area contributed by atoms with Crippen LogP contribution < -0.4 is 0 Å². The maximum absolute atomic E-state index is 13.7. The van der Waals surface area contributed by atoms with E-state index in [9.17, 15) is 18.4 Å². The van der Waals surface area contributed by atoms with E-state index in [1.54, 1.807) is 24.0 Å². The first-order valence-corrected chi connectivity index (χ1v) is 9.02. The van der Waals surface area contributed by atoms with Crippen molar-refractivity contribution in [3.05, 3.63) is 68.7 Å². The topological polar surface area (TPSA) is 40.6 Å². The molecular weight excluding hydrogens is 397 g/mol. The van der Waals surface area contributed by atoms with Crippen LogP contribution in [0.5, 0.6) is 0 Å². The van der Waals surface area contributed by atoms with Crippen LogP contribution >= 0.6 is 23.2 Å². The Morgan fingerprint density at radius 3 is 2.04 bits per heavy atom. The summed E-state index contributed by atoms with van der Waals surface area (Å²) in [6.45, 7) is 2.72. The molecule has 1 aliphatic rings. The lowest BCUT2D eigenvalue weighted by molar-refractivity contribution is 0.0535. The number of halogens is 4. The Morgan fingerprint density at radius 2 is 1.44 bits per heavy atom. The molecule has 2 aromatic rings. The second-order valence-electron chi connectivity index (χ2n) is 6.29. The normalized spacial score (nSPS) is 14.4. The zero-order valence-corrected chi connectivity index (χ0v) is 15.9. The molecule has 8 heteroatoms. The van der Waals surface area contributed by atoms with Crippen molar-refractivity contribution in [3.8, 4) is 0 Å². The van der Waals surface area contributed by atoms with Gasteiger partial charge in [-0.05, 0) is 36.8 Å². The average molecular weight is 413 g/mol. The molecule has 0 unspecified atom stereocenters. The standard InChI is InChI=1S/C19H16Cl2F2N2O2/c1-11-2-3-12(8-16(11)22)18(26)24-4-6-25(7-5-24)19(27)13-9-17(23)15(21)10-14(13)20/h2-3,8-10H,4-7H2,1H3. The summed E-state index contributed by atoms with van der Waals surface area (Å²) in [5.74, 6) is -1.88. The van der Waals surface area contributed by atoms with E-state index in [1.807, 2.05) is 0 Å². The maximum atomic E-state index is 13.7. The Labute approximate surface area is 165 Å². The number of carbonyl (C=O) groups excluding carboxylic acids is 2. The van der Waals surface area contributed by atoms with Crippen molar-refractivity contribution < 1.29 is 18.4 Å². The summed E-state index contributed by atoms with van der Waals surface area (Å²) in [5, 5.41) is -0.0858. The van der Waals surface area contributed by atoms with Crippen molar-refractivity contribution in [2.75, 3.05) is 26.2 Å². The van der Waals surface area contributed by atoms with Crippen molar-refractivity contribution in [1.82, 2.24) is 9.80 Å². The largest absolute Gasteiger partial charge is 0.335 e. The fourth-order valence-corrected chi connectivity index (χ4v) is 3.34. The molecule has 2 amide bonds. The number of rotatable bonds is 2. The SMILES string of the molecule is Cc1ccc(C(=O)N2CCN(C(=O)c3cc(F)c(Cl)cc3Cl)CC2)cc1F. The van der Waals surface area contributed by atoms with Crippen molar-refractivity contribution >= 4 is 35.0 Å². The van der Waals surface area contributed by atoms with E-state index in [0.29, 0.717) is 5.56 Å². The van der Waals surface area contributed by atoms with Gasteiger partial charge in [-0.2, -0.15) is 0 Å². The van der Waals surface area contributed by atoms with E-state index in [-0.39, 0.29) is 53.3 Å². The lowest BCUT2D eigenvalue weighted by Gasteiger charge is -2.35. The third-order valence-corrected chi connectivity index (χ3v) is 5.12. The molecule has 1 aliphatic heterocycles. The monoisotopic (exact) mass is 412 g/mol. The first kappa shape index (κ1) is 19.6. The van der Waals surface area contributed by atoms with E-state index in [0.717, 1.165) is 6.07 Å². The van der Waals surface area contributed by atoms with Crippen LogP contribution in [0.2, 0.25) is 10.0 Å². The molecule has 4 nitrogen and oxygen atoms in total. The molecule has 3 rings (SSSR count). The van der Waals surface area contributed by atoms with E-state index in [2.05, 4.69) is 0 Å². The number of nitrogens with zero attached hydrogens (tertiary/aromatic N) is 2. The average Bonchev–Trinajstić information content (AvgIpc) is 2.66. The van der Waals surface area contributed by atoms with Crippen molar-refractivity contribution in [1.29, 1.82) is 0 Å². The van der Waals surface area contributed by atoms with Gasteiger partial charge in [-0.15, -0.1) is 0 Å². The van der Waals surface area contributed by atoms with Gasteiger partial charge >= 0.3 is 0 Å². The van der Waals surface area contributed by atoms with E-state index < -0.39 is 17.5 Å². The fourth-order valence-electron chi connectivity index (χ4n) is 2.88. The Balaban J connectivity index is 1.68. The summed E-state index contributed by atoms with van der Waals surface area (Å²) in [6, 6.07) is 6.55. The van der Waals surface area contributed by atoms with E-state index in [4.69, 9.17) is 23.2 Å². The van der Waals surface area contributed by atoms with Gasteiger partial charge < -0.3 is 9.80 Å². The highest BCUT2D eigenvalue weighted by Crippen LogP contribution is 2.26. The summed E-state index contributed by atoms with van der Waals surface area (Å²) in [7, 11) is 0. The molecule has 1 fully saturated rings. The van der Waals surface area contributed by atoms with Crippen LogP contribution in [0.4, 0.5) is 8.78 Å². The molecule has 0 aromatic heterocycles. The number of hydrogen-bond acceptors (Lipinski definition) is 2. The molecule has 1 saturated heterocycles. The number of piperazine rings is 1. The molecular formula is C19H16Cl2F2N2O2. The molecule has 0 atom stereocenters.